The molecule has 126 valence electrons. The van der Waals surface area contributed by atoms with Crippen LogP contribution in [-0.4, -0.2) is 42.3 Å². The second-order valence-corrected chi connectivity index (χ2v) is 8.32. The average Bonchev–Trinajstić information content (AvgIpc) is 2.36. The van der Waals surface area contributed by atoms with Gasteiger partial charge < -0.3 is 10.5 Å². The van der Waals surface area contributed by atoms with Gasteiger partial charge in [-0.15, -0.1) is 0 Å². The summed E-state index contributed by atoms with van der Waals surface area (Å²) in [7, 11) is 0. The molecule has 1 aliphatic heterocycles. The van der Waals surface area contributed by atoms with Gasteiger partial charge in [-0.1, -0.05) is 27.7 Å². The van der Waals surface area contributed by atoms with Crippen molar-refractivity contribution in [2.24, 2.45) is 17.6 Å². The molecule has 0 aromatic carbocycles. The van der Waals surface area contributed by atoms with E-state index in [1.807, 2.05) is 0 Å². The van der Waals surface area contributed by atoms with Gasteiger partial charge in [0, 0.05) is 18.7 Å². The number of nitrogens with zero attached hydrogens (tertiary/aromatic N) is 1. The van der Waals surface area contributed by atoms with E-state index in [4.69, 9.17) is 10.5 Å². The molecule has 1 aliphatic rings. The Bertz CT molecular complexity index is 290. The summed E-state index contributed by atoms with van der Waals surface area (Å²) in [6, 6.07) is 0. The molecule has 3 heteroatoms. The first-order valence-electron chi connectivity index (χ1n) is 8.80. The molecule has 1 fully saturated rings. The van der Waals surface area contributed by atoms with Crippen LogP contribution in [0.2, 0.25) is 0 Å². The predicted octanol–water partition coefficient (Wildman–Crippen LogP) is 3.67. The minimum Gasteiger partial charge on any atom is -0.375 e. The Hall–Kier alpha value is -0.120. The molecular weight excluding hydrogens is 260 g/mol. The summed E-state index contributed by atoms with van der Waals surface area (Å²) >= 11 is 0. The molecule has 1 unspecified atom stereocenters. The minimum atomic E-state index is -0.0501. The van der Waals surface area contributed by atoms with Crippen molar-refractivity contribution >= 4 is 0 Å². The Labute approximate surface area is 132 Å². The van der Waals surface area contributed by atoms with Crippen LogP contribution in [0, 0.1) is 11.8 Å². The predicted molar refractivity (Wildman–Crippen MR) is 91.5 cm³/mol. The van der Waals surface area contributed by atoms with E-state index in [0.29, 0.717) is 0 Å². The van der Waals surface area contributed by atoms with E-state index in [9.17, 15) is 0 Å². The van der Waals surface area contributed by atoms with Gasteiger partial charge in [-0.2, -0.15) is 0 Å². The third-order valence-electron chi connectivity index (χ3n) is 4.82. The van der Waals surface area contributed by atoms with E-state index in [1.54, 1.807) is 0 Å². The first-order valence-corrected chi connectivity index (χ1v) is 8.80. The second-order valence-electron chi connectivity index (χ2n) is 8.32. The number of hydrogen-bond acceptors (Lipinski definition) is 3. The van der Waals surface area contributed by atoms with E-state index in [2.05, 4.69) is 46.4 Å². The smallest absolute Gasteiger partial charge is 0.0644 e. The zero-order valence-electron chi connectivity index (χ0n) is 15.2. The van der Waals surface area contributed by atoms with Crippen LogP contribution in [0.25, 0.3) is 0 Å². The van der Waals surface area contributed by atoms with Crippen molar-refractivity contribution in [1.82, 2.24) is 4.90 Å². The van der Waals surface area contributed by atoms with E-state index >= 15 is 0 Å². The van der Waals surface area contributed by atoms with E-state index in [0.717, 1.165) is 50.9 Å². The molecule has 1 rings (SSSR count). The lowest BCUT2D eigenvalue weighted by atomic mass is 9.79. The van der Waals surface area contributed by atoms with Gasteiger partial charge in [0.15, 0.2) is 0 Å². The topological polar surface area (TPSA) is 38.5 Å². The lowest BCUT2D eigenvalue weighted by Gasteiger charge is -2.51. The Morgan fingerprint density at radius 2 is 1.57 bits per heavy atom. The quantitative estimate of drug-likeness (QED) is 0.743. The summed E-state index contributed by atoms with van der Waals surface area (Å²) in [4.78, 5) is 2.69. The third kappa shape index (κ3) is 5.88. The highest BCUT2D eigenvalue weighted by atomic mass is 16.5. The van der Waals surface area contributed by atoms with Gasteiger partial charge in [-0.25, -0.2) is 0 Å². The van der Waals surface area contributed by atoms with Crippen molar-refractivity contribution in [2.75, 3.05) is 26.2 Å². The van der Waals surface area contributed by atoms with Crippen LogP contribution in [0.1, 0.15) is 67.2 Å². The Balaban J connectivity index is 2.84. The highest BCUT2D eigenvalue weighted by molar-refractivity contribution is 4.99. The van der Waals surface area contributed by atoms with E-state index in [1.165, 1.54) is 12.8 Å². The van der Waals surface area contributed by atoms with Crippen LogP contribution in [0.15, 0.2) is 0 Å². The van der Waals surface area contributed by atoms with Crippen molar-refractivity contribution in [2.45, 2.75) is 78.4 Å². The summed E-state index contributed by atoms with van der Waals surface area (Å²) in [6.45, 7) is 17.6. The molecule has 1 atom stereocenters. The van der Waals surface area contributed by atoms with Crippen molar-refractivity contribution in [1.29, 1.82) is 0 Å². The summed E-state index contributed by atoms with van der Waals surface area (Å²) in [5, 5.41) is 0. The van der Waals surface area contributed by atoms with Crippen molar-refractivity contribution in [3.8, 4) is 0 Å². The van der Waals surface area contributed by atoms with Crippen LogP contribution >= 0.6 is 0 Å². The fourth-order valence-corrected chi connectivity index (χ4v) is 3.44. The maximum atomic E-state index is 6.28. The van der Waals surface area contributed by atoms with Gasteiger partial charge in [0.25, 0.3) is 0 Å². The van der Waals surface area contributed by atoms with E-state index < -0.39 is 0 Å². The van der Waals surface area contributed by atoms with Crippen molar-refractivity contribution in [3.05, 3.63) is 0 Å². The lowest BCUT2D eigenvalue weighted by Crippen LogP contribution is -2.61. The van der Waals surface area contributed by atoms with Gasteiger partial charge in [0.2, 0.25) is 0 Å². The van der Waals surface area contributed by atoms with Gasteiger partial charge >= 0.3 is 0 Å². The van der Waals surface area contributed by atoms with Gasteiger partial charge in [-0.3, -0.25) is 4.90 Å². The SMILES string of the molecule is CC(C)CCN(CCC(C)C)C1(CN)CCOC(C)(C)C1. The van der Waals surface area contributed by atoms with Crippen LogP contribution < -0.4 is 5.73 Å². The molecular formula is C18H38N2O. The Morgan fingerprint density at radius 1 is 1.05 bits per heavy atom. The van der Waals surface area contributed by atoms with E-state index in [-0.39, 0.29) is 11.1 Å². The molecule has 0 aliphatic carbocycles. The highest BCUT2D eigenvalue weighted by Gasteiger charge is 2.43. The van der Waals surface area contributed by atoms with Crippen LogP contribution in [0.3, 0.4) is 0 Å². The molecule has 0 aromatic rings. The third-order valence-corrected chi connectivity index (χ3v) is 4.82. The monoisotopic (exact) mass is 298 g/mol. The minimum absolute atomic E-state index is 0.0501. The second kappa shape index (κ2) is 7.94. The fraction of sp³-hybridized carbons (Fsp3) is 1.00. The van der Waals surface area contributed by atoms with Crippen molar-refractivity contribution < 1.29 is 4.74 Å². The zero-order valence-corrected chi connectivity index (χ0v) is 15.2. The molecule has 0 aromatic heterocycles. The van der Waals surface area contributed by atoms with Gasteiger partial charge in [0.1, 0.15) is 0 Å². The molecule has 0 spiro atoms. The normalized spacial score (nSPS) is 26.0. The first kappa shape index (κ1) is 18.9. The largest absolute Gasteiger partial charge is 0.375 e. The molecule has 0 bridgehead atoms. The lowest BCUT2D eigenvalue weighted by molar-refractivity contribution is -0.119. The highest BCUT2D eigenvalue weighted by Crippen LogP contribution is 2.36. The van der Waals surface area contributed by atoms with Crippen LogP contribution in [-0.2, 0) is 4.74 Å². The molecule has 0 saturated carbocycles. The average molecular weight is 299 g/mol. The fourth-order valence-electron chi connectivity index (χ4n) is 3.44. The Kier molecular flexibility index (Phi) is 7.15. The molecule has 3 nitrogen and oxygen atoms in total. The molecule has 1 saturated heterocycles. The first-order chi connectivity index (χ1) is 9.71. The number of nitrogens with two attached hydrogens (primary N) is 1. The van der Waals surface area contributed by atoms with Crippen LogP contribution in [0.5, 0.6) is 0 Å². The van der Waals surface area contributed by atoms with Gasteiger partial charge in [0.05, 0.1) is 5.60 Å². The molecule has 21 heavy (non-hydrogen) atoms. The maximum Gasteiger partial charge on any atom is 0.0644 e. The van der Waals surface area contributed by atoms with Crippen molar-refractivity contribution in [3.63, 3.8) is 0 Å². The number of hydrogen-bond donors (Lipinski definition) is 1. The Morgan fingerprint density at radius 3 is 1.95 bits per heavy atom. The molecule has 2 N–H and O–H groups in total. The summed E-state index contributed by atoms with van der Waals surface area (Å²) in [6.07, 6.45) is 4.62. The number of rotatable bonds is 8. The molecule has 0 radical (unpaired) electrons. The number of ether oxygens (including phenoxy) is 1. The maximum absolute atomic E-state index is 6.28. The molecule has 1 heterocycles. The summed E-state index contributed by atoms with van der Waals surface area (Å²) < 4.78 is 5.94. The summed E-state index contributed by atoms with van der Waals surface area (Å²) in [5.41, 5.74) is 6.36. The molecule has 0 amide bonds. The standard InChI is InChI=1S/C18H38N2O/c1-15(2)7-10-20(11-8-16(3)4)18(14-19)9-12-21-17(5,6)13-18/h15-16H,7-14,19H2,1-6H3. The van der Waals surface area contributed by atoms with Gasteiger partial charge in [-0.05, 0) is 64.5 Å². The van der Waals surface area contributed by atoms with Crippen LogP contribution in [0.4, 0.5) is 0 Å². The summed E-state index contributed by atoms with van der Waals surface area (Å²) in [5.74, 6) is 1.49. The zero-order chi connectivity index (χ0) is 16.1.